The van der Waals surface area contributed by atoms with Crippen LogP contribution >= 0.6 is 0 Å². The first-order valence-electron chi connectivity index (χ1n) is 6.34. The van der Waals surface area contributed by atoms with E-state index in [2.05, 4.69) is 42.4 Å². The first-order chi connectivity index (χ1) is 7.79. The molecule has 0 amide bonds. The number of nitrogens with zero attached hydrogens (tertiary/aromatic N) is 1. The van der Waals surface area contributed by atoms with Gasteiger partial charge in [0.25, 0.3) is 0 Å². The molecular formula is C14H22N2. The van der Waals surface area contributed by atoms with Crippen molar-refractivity contribution in [2.75, 3.05) is 25.5 Å². The lowest BCUT2D eigenvalue weighted by Gasteiger charge is -2.20. The Morgan fingerprint density at radius 2 is 2.25 bits per heavy atom. The molecule has 2 heteroatoms. The Morgan fingerprint density at radius 3 is 3.06 bits per heavy atom. The van der Waals surface area contributed by atoms with Gasteiger partial charge in [0.1, 0.15) is 0 Å². The van der Waals surface area contributed by atoms with E-state index in [9.17, 15) is 0 Å². The summed E-state index contributed by atoms with van der Waals surface area (Å²) in [7, 11) is 2.20. The van der Waals surface area contributed by atoms with Gasteiger partial charge in [0.15, 0.2) is 0 Å². The molecule has 1 aromatic carbocycles. The maximum Gasteiger partial charge on any atom is 0.0372 e. The number of anilines is 1. The molecule has 88 valence electrons. The predicted octanol–water partition coefficient (Wildman–Crippen LogP) is 2.89. The largest absolute Gasteiger partial charge is 0.385 e. The first-order valence-corrected chi connectivity index (χ1v) is 6.34. The third-order valence-corrected chi connectivity index (χ3v) is 3.17. The van der Waals surface area contributed by atoms with Crippen LogP contribution < -0.4 is 5.32 Å². The minimum atomic E-state index is 1.07. The number of fused-ring (bicyclic) bond motifs is 1. The van der Waals surface area contributed by atoms with Gasteiger partial charge in [-0.2, -0.15) is 0 Å². The zero-order valence-corrected chi connectivity index (χ0v) is 10.4. The molecule has 0 fully saturated rings. The molecule has 1 aliphatic heterocycles. The standard InChI is InChI=1S/C14H22N2/c1-3-9-16(2)11-12-6-7-14-13(10-12)5-4-8-15-14/h6-7,10,15H,3-5,8-9,11H2,1-2H3. The highest BCUT2D eigenvalue weighted by atomic mass is 15.1. The highest BCUT2D eigenvalue weighted by Crippen LogP contribution is 2.23. The van der Waals surface area contributed by atoms with Crippen LogP contribution in [0.1, 0.15) is 30.9 Å². The molecule has 0 aromatic heterocycles. The number of hydrogen-bond donors (Lipinski definition) is 1. The van der Waals surface area contributed by atoms with Crippen molar-refractivity contribution in [2.45, 2.75) is 32.7 Å². The van der Waals surface area contributed by atoms with Crippen LogP contribution in [0.5, 0.6) is 0 Å². The van der Waals surface area contributed by atoms with Crippen molar-refractivity contribution in [1.29, 1.82) is 0 Å². The highest BCUT2D eigenvalue weighted by Gasteiger charge is 2.09. The van der Waals surface area contributed by atoms with E-state index in [0.717, 1.165) is 13.1 Å². The molecule has 0 atom stereocenters. The number of rotatable bonds is 4. The second-order valence-electron chi connectivity index (χ2n) is 4.76. The Hall–Kier alpha value is -1.02. The highest BCUT2D eigenvalue weighted by molar-refractivity contribution is 5.54. The van der Waals surface area contributed by atoms with E-state index >= 15 is 0 Å². The van der Waals surface area contributed by atoms with Gasteiger partial charge in [-0.1, -0.05) is 19.1 Å². The third kappa shape index (κ3) is 2.76. The van der Waals surface area contributed by atoms with Crippen molar-refractivity contribution >= 4 is 5.69 Å². The third-order valence-electron chi connectivity index (χ3n) is 3.17. The summed E-state index contributed by atoms with van der Waals surface area (Å²) < 4.78 is 0. The molecule has 0 saturated carbocycles. The van der Waals surface area contributed by atoms with Gasteiger partial charge in [-0.05, 0) is 50.0 Å². The van der Waals surface area contributed by atoms with Crippen LogP contribution in [-0.2, 0) is 13.0 Å². The molecule has 0 bridgehead atoms. The minimum absolute atomic E-state index is 1.07. The summed E-state index contributed by atoms with van der Waals surface area (Å²) in [6.45, 7) is 5.60. The molecule has 1 aromatic rings. The Balaban J connectivity index is 2.05. The summed E-state index contributed by atoms with van der Waals surface area (Å²) in [5.74, 6) is 0. The van der Waals surface area contributed by atoms with Crippen molar-refractivity contribution in [1.82, 2.24) is 4.90 Å². The molecule has 0 unspecified atom stereocenters. The Kier molecular flexibility index (Phi) is 3.83. The van der Waals surface area contributed by atoms with Crippen molar-refractivity contribution in [3.05, 3.63) is 29.3 Å². The summed E-state index contributed by atoms with van der Waals surface area (Å²) >= 11 is 0. The molecule has 1 heterocycles. The number of benzene rings is 1. The number of aryl methyl sites for hydroxylation is 1. The lowest BCUT2D eigenvalue weighted by molar-refractivity contribution is 0.327. The van der Waals surface area contributed by atoms with E-state index in [0.29, 0.717) is 0 Å². The van der Waals surface area contributed by atoms with Crippen molar-refractivity contribution in [3.63, 3.8) is 0 Å². The topological polar surface area (TPSA) is 15.3 Å². The number of hydrogen-bond acceptors (Lipinski definition) is 2. The van der Waals surface area contributed by atoms with Gasteiger partial charge in [0.05, 0.1) is 0 Å². The molecule has 0 aliphatic carbocycles. The van der Waals surface area contributed by atoms with Crippen LogP contribution in [0.3, 0.4) is 0 Å². The molecule has 2 nitrogen and oxygen atoms in total. The quantitative estimate of drug-likeness (QED) is 0.836. The molecule has 16 heavy (non-hydrogen) atoms. The SMILES string of the molecule is CCCN(C)Cc1ccc2c(c1)CCCN2. The fourth-order valence-electron chi connectivity index (χ4n) is 2.40. The Labute approximate surface area is 98.7 Å². The van der Waals surface area contributed by atoms with Crippen LogP contribution in [0.4, 0.5) is 5.69 Å². The molecule has 1 N–H and O–H groups in total. The number of nitrogens with one attached hydrogen (secondary N) is 1. The fraction of sp³-hybridized carbons (Fsp3) is 0.571. The smallest absolute Gasteiger partial charge is 0.0372 e. The van der Waals surface area contributed by atoms with Crippen LogP contribution in [0.15, 0.2) is 18.2 Å². The van der Waals surface area contributed by atoms with E-state index in [1.54, 1.807) is 0 Å². The van der Waals surface area contributed by atoms with Crippen LogP contribution in [0, 0.1) is 0 Å². The molecule has 2 rings (SSSR count). The van der Waals surface area contributed by atoms with E-state index in [1.165, 1.54) is 42.6 Å². The van der Waals surface area contributed by atoms with Gasteiger partial charge in [0, 0.05) is 18.8 Å². The van der Waals surface area contributed by atoms with Gasteiger partial charge in [-0.25, -0.2) is 0 Å². The van der Waals surface area contributed by atoms with E-state index in [1.807, 2.05) is 0 Å². The van der Waals surface area contributed by atoms with Gasteiger partial charge in [-0.15, -0.1) is 0 Å². The lowest BCUT2D eigenvalue weighted by atomic mass is 10.0. The second kappa shape index (κ2) is 5.35. The van der Waals surface area contributed by atoms with E-state index < -0.39 is 0 Å². The fourth-order valence-corrected chi connectivity index (χ4v) is 2.40. The summed E-state index contributed by atoms with van der Waals surface area (Å²) in [5.41, 5.74) is 4.28. The van der Waals surface area contributed by atoms with Gasteiger partial charge in [0.2, 0.25) is 0 Å². The first kappa shape index (κ1) is 11.5. The molecule has 1 aliphatic rings. The van der Waals surface area contributed by atoms with Crippen molar-refractivity contribution in [2.24, 2.45) is 0 Å². The average Bonchev–Trinajstić information content (AvgIpc) is 2.29. The Morgan fingerprint density at radius 1 is 1.38 bits per heavy atom. The summed E-state index contributed by atoms with van der Waals surface area (Å²) in [6, 6.07) is 6.86. The van der Waals surface area contributed by atoms with Gasteiger partial charge >= 0.3 is 0 Å². The van der Waals surface area contributed by atoms with E-state index in [4.69, 9.17) is 0 Å². The molecule has 0 saturated heterocycles. The average molecular weight is 218 g/mol. The van der Waals surface area contributed by atoms with Crippen LogP contribution in [-0.4, -0.2) is 25.0 Å². The van der Waals surface area contributed by atoms with Gasteiger partial charge < -0.3 is 10.2 Å². The summed E-state index contributed by atoms with van der Waals surface area (Å²) in [4.78, 5) is 2.39. The molecule has 0 spiro atoms. The maximum atomic E-state index is 3.45. The second-order valence-corrected chi connectivity index (χ2v) is 4.76. The zero-order valence-electron chi connectivity index (χ0n) is 10.4. The van der Waals surface area contributed by atoms with Crippen LogP contribution in [0.25, 0.3) is 0 Å². The summed E-state index contributed by atoms with van der Waals surface area (Å²) in [6.07, 6.45) is 3.72. The summed E-state index contributed by atoms with van der Waals surface area (Å²) in [5, 5.41) is 3.45. The predicted molar refractivity (Wildman–Crippen MR) is 69.9 cm³/mol. The van der Waals surface area contributed by atoms with E-state index in [-0.39, 0.29) is 0 Å². The lowest BCUT2D eigenvalue weighted by Crippen LogP contribution is -2.19. The molecular weight excluding hydrogens is 196 g/mol. The normalized spacial score (nSPS) is 14.7. The van der Waals surface area contributed by atoms with Crippen LogP contribution in [0.2, 0.25) is 0 Å². The Bertz CT molecular complexity index is 347. The van der Waals surface area contributed by atoms with Crippen molar-refractivity contribution in [3.8, 4) is 0 Å². The molecule has 0 radical (unpaired) electrons. The monoisotopic (exact) mass is 218 g/mol. The maximum absolute atomic E-state index is 3.45. The zero-order chi connectivity index (χ0) is 11.4. The minimum Gasteiger partial charge on any atom is -0.385 e. The van der Waals surface area contributed by atoms with Gasteiger partial charge in [-0.3, -0.25) is 0 Å². The van der Waals surface area contributed by atoms with Crippen molar-refractivity contribution < 1.29 is 0 Å².